The molecule has 0 bridgehead atoms. The van der Waals surface area contributed by atoms with E-state index in [4.69, 9.17) is 4.74 Å². The quantitative estimate of drug-likeness (QED) is 0.719. The third-order valence-electron chi connectivity index (χ3n) is 5.41. The van der Waals surface area contributed by atoms with Crippen LogP contribution >= 0.6 is 0 Å². The molecule has 1 heterocycles. The maximum absolute atomic E-state index is 12.3. The number of benzene rings is 2. The van der Waals surface area contributed by atoms with Gasteiger partial charge in [0.2, 0.25) is 5.91 Å². The maximum Gasteiger partial charge on any atom is 0.251 e. The Labute approximate surface area is 185 Å². The normalized spacial score (nSPS) is 14.8. The van der Waals surface area contributed by atoms with Crippen LogP contribution in [0.15, 0.2) is 48.5 Å². The highest BCUT2D eigenvalue weighted by atomic mass is 16.5. The zero-order valence-corrected chi connectivity index (χ0v) is 18.7. The van der Waals surface area contributed by atoms with E-state index in [9.17, 15) is 9.59 Å². The van der Waals surface area contributed by atoms with Crippen molar-refractivity contribution in [3.8, 4) is 0 Å². The molecule has 0 radical (unpaired) electrons. The average Bonchev–Trinajstić information content (AvgIpc) is 2.76. The molecule has 2 amide bonds. The summed E-state index contributed by atoms with van der Waals surface area (Å²) in [6, 6.07) is 15.7. The molecule has 1 saturated heterocycles. The number of nitrogens with one attached hydrogen (secondary N) is 2. The zero-order valence-electron chi connectivity index (χ0n) is 18.7. The number of carbonyl (C=O) groups excluding carboxylic acids is 2. The Morgan fingerprint density at radius 2 is 1.65 bits per heavy atom. The molecule has 6 heteroatoms. The van der Waals surface area contributed by atoms with Gasteiger partial charge in [-0.2, -0.15) is 0 Å². The number of rotatable bonds is 7. The smallest absolute Gasteiger partial charge is 0.251 e. The van der Waals surface area contributed by atoms with Gasteiger partial charge in [-0.05, 0) is 34.2 Å². The summed E-state index contributed by atoms with van der Waals surface area (Å²) in [5, 5.41) is 5.57. The Balaban J connectivity index is 1.43. The minimum atomic E-state index is -0.247. The van der Waals surface area contributed by atoms with Gasteiger partial charge in [-0.25, -0.2) is 0 Å². The van der Waals surface area contributed by atoms with Gasteiger partial charge in [-0.15, -0.1) is 0 Å². The summed E-state index contributed by atoms with van der Waals surface area (Å²) in [5.74, 6) is -0.457. The van der Waals surface area contributed by atoms with Crippen molar-refractivity contribution in [2.45, 2.75) is 39.3 Å². The molecule has 0 saturated carbocycles. The lowest BCUT2D eigenvalue weighted by Crippen LogP contribution is -2.36. The van der Waals surface area contributed by atoms with Gasteiger partial charge in [-0.1, -0.05) is 57.2 Å². The molecule has 0 spiro atoms. The van der Waals surface area contributed by atoms with Gasteiger partial charge >= 0.3 is 0 Å². The standard InChI is InChI=1S/C25H33N3O3/c1-25(2,3)22-9-7-21(8-10-22)24(30)27-17-23(29)26-16-19-5-4-6-20(15-19)18-28-11-13-31-14-12-28/h4-10,15H,11-14,16-18H2,1-3H3,(H,26,29)(H,27,30). The molecule has 2 aromatic carbocycles. The summed E-state index contributed by atoms with van der Waals surface area (Å²) < 4.78 is 5.39. The maximum atomic E-state index is 12.3. The van der Waals surface area contributed by atoms with Crippen LogP contribution in [0, 0.1) is 0 Å². The van der Waals surface area contributed by atoms with Crippen LogP contribution in [0.5, 0.6) is 0 Å². The van der Waals surface area contributed by atoms with Crippen molar-refractivity contribution in [3.05, 3.63) is 70.8 Å². The number of morpholine rings is 1. The van der Waals surface area contributed by atoms with Crippen LogP contribution in [0.2, 0.25) is 0 Å². The van der Waals surface area contributed by atoms with Gasteiger partial charge in [0, 0.05) is 31.7 Å². The van der Waals surface area contributed by atoms with E-state index < -0.39 is 0 Å². The monoisotopic (exact) mass is 423 g/mol. The Kier molecular flexibility index (Phi) is 7.82. The van der Waals surface area contributed by atoms with Crippen LogP contribution in [-0.2, 0) is 28.0 Å². The lowest BCUT2D eigenvalue weighted by Gasteiger charge is -2.26. The van der Waals surface area contributed by atoms with E-state index in [0.29, 0.717) is 12.1 Å². The highest BCUT2D eigenvalue weighted by Crippen LogP contribution is 2.22. The zero-order chi connectivity index (χ0) is 22.3. The second-order valence-electron chi connectivity index (χ2n) is 9.00. The first kappa shape index (κ1) is 23.0. The average molecular weight is 424 g/mol. The SMILES string of the molecule is CC(C)(C)c1ccc(C(=O)NCC(=O)NCc2cccc(CN3CCOCC3)c2)cc1. The molecular formula is C25H33N3O3. The second kappa shape index (κ2) is 10.6. The van der Waals surface area contributed by atoms with Crippen LogP contribution in [0.3, 0.4) is 0 Å². The van der Waals surface area contributed by atoms with Gasteiger partial charge in [0.25, 0.3) is 5.91 Å². The number of amides is 2. The van der Waals surface area contributed by atoms with Crippen LogP contribution in [0.4, 0.5) is 0 Å². The van der Waals surface area contributed by atoms with Gasteiger partial charge < -0.3 is 15.4 Å². The van der Waals surface area contributed by atoms with Crippen LogP contribution in [0.1, 0.15) is 47.8 Å². The Hall–Kier alpha value is -2.70. The molecule has 0 aliphatic carbocycles. The first-order valence-electron chi connectivity index (χ1n) is 10.8. The van der Waals surface area contributed by atoms with Crippen molar-refractivity contribution in [2.75, 3.05) is 32.8 Å². The summed E-state index contributed by atoms with van der Waals surface area (Å²) in [6.45, 7) is 11.1. The molecule has 166 valence electrons. The number of ether oxygens (including phenoxy) is 1. The molecule has 2 aromatic rings. The third kappa shape index (κ3) is 7.19. The lowest BCUT2D eigenvalue weighted by atomic mass is 9.87. The topological polar surface area (TPSA) is 70.7 Å². The Bertz CT molecular complexity index is 882. The third-order valence-corrected chi connectivity index (χ3v) is 5.41. The number of hydrogen-bond donors (Lipinski definition) is 2. The van der Waals surface area contributed by atoms with Gasteiger partial charge in [0.05, 0.1) is 19.8 Å². The minimum absolute atomic E-state index is 0.0361. The summed E-state index contributed by atoms with van der Waals surface area (Å²) >= 11 is 0. The van der Waals surface area contributed by atoms with Crippen molar-refractivity contribution >= 4 is 11.8 Å². The molecule has 0 aromatic heterocycles. The molecule has 1 fully saturated rings. The van der Waals surface area contributed by atoms with Gasteiger partial charge in [0.1, 0.15) is 0 Å². The van der Waals surface area contributed by atoms with E-state index in [2.05, 4.69) is 48.4 Å². The molecule has 1 aliphatic heterocycles. The van der Waals surface area contributed by atoms with Crippen LogP contribution < -0.4 is 10.6 Å². The predicted octanol–water partition coefficient (Wildman–Crippen LogP) is 2.86. The van der Waals surface area contributed by atoms with Crippen molar-refractivity contribution < 1.29 is 14.3 Å². The van der Waals surface area contributed by atoms with Gasteiger partial charge in [0.15, 0.2) is 0 Å². The second-order valence-corrected chi connectivity index (χ2v) is 9.00. The molecule has 3 rings (SSSR count). The number of nitrogens with zero attached hydrogens (tertiary/aromatic N) is 1. The van der Waals surface area contributed by atoms with E-state index in [1.165, 1.54) is 5.56 Å². The fraction of sp³-hybridized carbons (Fsp3) is 0.440. The first-order valence-corrected chi connectivity index (χ1v) is 10.8. The van der Waals surface area contributed by atoms with E-state index in [-0.39, 0.29) is 23.8 Å². The van der Waals surface area contributed by atoms with E-state index in [1.807, 2.05) is 24.3 Å². The highest BCUT2D eigenvalue weighted by molar-refractivity contribution is 5.96. The number of hydrogen-bond acceptors (Lipinski definition) is 4. The summed E-state index contributed by atoms with van der Waals surface area (Å²) in [7, 11) is 0. The Morgan fingerprint density at radius 3 is 2.32 bits per heavy atom. The van der Waals surface area contributed by atoms with E-state index in [1.54, 1.807) is 12.1 Å². The molecule has 31 heavy (non-hydrogen) atoms. The van der Waals surface area contributed by atoms with Crippen LogP contribution in [0.25, 0.3) is 0 Å². The van der Waals surface area contributed by atoms with E-state index in [0.717, 1.165) is 44.0 Å². The number of carbonyl (C=O) groups is 2. The van der Waals surface area contributed by atoms with Gasteiger partial charge in [-0.3, -0.25) is 14.5 Å². The van der Waals surface area contributed by atoms with Crippen LogP contribution in [-0.4, -0.2) is 49.6 Å². The largest absolute Gasteiger partial charge is 0.379 e. The summed E-state index contributed by atoms with van der Waals surface area (Å²) in [4.78, 5) is 26.9. The molecule has 0 atom stereocenters. The summed E-state index contributed by atoms with van der Waals surface area (Å²) in [5.41, 5.74) is 4.02. The van der Waals surface area contributed by atoms with E-state index >= 15 is 0 Å². The predicted molar refractivity (Wildman–Crippen MR) is 122 cm³/mol. The fourth-order valence-electron chi connectivity index (χ4n) is 3.50. The Morgan fingerprint density at radius 1 is 0.968 bits per heavy atom. The first-order chi connectivity index (χ1) is 14.8. The minimum Gasteiger partial charge on any atom is -0.379 e. The molecular weight excluding hydrogens is 390 g/mol. The van der Waals surface area contributed by atoms with Crippen molar-refractivity contribution in [3.63, 3.8) is 0 Å². The fourth-order valence-corrected chi connectivity index (χ4v) is 3.50. The highest BCUT2D eigenvalue weighted by Gasteiger charge is 2.15. The van der Waals surface area contributed by atoms with Crippen molar-refractivity contribution in [2.24, 2.45) is 0 Å². The summed E-state index contributed by atoms with van der Waals surface area (Å²) in [6.07, 6.45) is 0. The van der Waals surface area contributed by atoms with Crippen molar-refractivity contribution in [1.82, 2.24) is 15.5 Å². The molecule has 6 nitrogen and oxygen atoms in total. The molecule has 0 unspecified atom stereocenters. The molecule has 2 N–H and O–H groups in total. The molecule has 1 aliphatic rings. The van der Waals surface area contributed by atoms with Crippen molar-refractivity contribution in [1.29, 1.82) is 0 Å². The lowest BCUT2D eigenvalue weighted by molar-refractivity contribution is -0.120.